The number of halogens is 1. The summed E-state index contributed by atoms with van der Waals surface area (Å²) < 4.78 is 6.81. The van der Waals surface area contributed by atoms with Crippen LogP contribution in [0.1, 0.15) is 44.1 Å². The lowest BCUT2D eigenvalue weighted by Crippen LogP contribution is -2.14. The van der Waals surface area contributed by atoms with Gasteiger partial charge in [0.2, 0.25) is 0 Å². The smallest absolute Gasteiger partial charge is 0.119 e. The molecule has 2 heteroatoms. The summed E-state index contributed by atoms with van der Waals surface area (Å²) in [6, 6.07) is 8.73. The van der Waals surface area contributed by atoms with E-state index in [0.717, 1.165) is 24.2 Å². The lowest BCUT2D eigenvalue weighted by molar-refractivity contribution is 0.338. The number of alkyl halides is 1. The Morgan fingerprint density at radius 1 is 1.12 bits per heavy atom. The van der Waals surface area contributed by atoms with Crippen molar-refractivity contribution >= 4 is 22.6 Å². The average molecular weight is 344 g/mol. The molecule has 0 bridgehead atoms. The molecule has 1 aromatic rings. The van der Waals surface area contributed by atoms with E-state index in [1.54, 1.807) is 0 Å². The minimum atomic E-state index is 0.750. The highest BCUT2D eigenvalue weighted by Gasteiger charge is 2.21. The zero-order valence-corrected chi connectivity index (χ0v) is 12.7. The predicted octanol–water partition coefficient (Wildman–Crippen LogP) is 4.79. The Labute approximate surface area is 118 Å². The first-order valence-corrected chi connectivity index (χ1v) is 8.14. The van der Waals surface area contributed by atoms with E-state index in [1.807, 2.05) is 6.92 Å². The molecule has 1 aliphatic carbocycles. The first kappa shape index (κ1) is 13.2. The molecule has 0 aliphatic heterocycles. The molecule has 0 radical (unpaired) electrons. The molecule has 0 N–H and O–H groups in total. The van der Waals surface area contributed by atoms with Crippen LogP contribution < -0.4 is 4.74 Å². The first-order valence-electron chi connectivity index (χ1n) is 6.62. The van der Waals surface area contributed by atoms with Crippen molar-refractivity contribution in [3.8, 4) is 5.75 Å². The minimum absolute atomic E-state index is 0.750. The Hall–Kier alpha value is -0.250. The van der Waals surface area contributed by atoms with Crippen molar-refractivity contribution < 1.29 is 4.74 Å². The second-order valence-electron chi connectivity index (χ2n) is 4.87. The maximum Gasteiger partial charge on any atom is 0.119 e. The monoisotopic (exact) mass is 344 g/mol. The van der Waals surface area contributed by atoms with Crippen LogP contribution in [0.15, 0.2) is 24.3 Å². The van der Waals surface area contributed by atoms with Crippen LogP contribution in [0.25, 0.3) is 0 Å². The molecule has 0 amide bonds. The van der Waals surface area contributed by atoms with Gasteiger partial charge in [-0.1, -0.05) is 34.7 Å². The first-order chi connectivity index (χ1) is 8.33. The van der Waals surface area contributed by atoms with Crippen LogP contribution in [0.3, 0.4) is 0 Å². The fourth-order valence-electron chi connectivity index (χ4n) is 2.65. The van der Waals surface area contributed by atoms with Gasteiger partial charge in [0.15, 0.2) is 0 Å². The molecular formula is C15H21IO. The number of benzene rings is 1. The van der Waals surface area contributed by atoms with E-state index in [0.29, 0.717) is 0 Å². The van der Waals surface area contributed by atoms with Crippen molar-refractivity contribution in [1.29, 1.82) is 0 Å². The van der Waals surface area contributed by atoms with Gasteiger partial charge in [0, 0.05) is 4.43 Å². The molecule has 1 aliphatic rings. The van der Waals surface area contributed by atoms with Crippen molar-refractivity contribution in [3.05, 3.63) is 29.8 Å². The van der Waals surface area contributed by atoms with E-state index >= 15 is 0 Å². The molecular weight excluding hydrogens is 323 g/mol. The van der Waals surface area contributed by atoms with E-state index in [1.165, 1.54) is 35.7 Å². The summed E-state index contributed by atoms with van der Waals surface area (Å²) in [4.78, 5) is 0. The summed E-state index contributed by atoms with van der Waals surface area (Å²) in [5.74, 6) is 2.75. The second-order valence-corrected chi connectivity index (χ2v) is 5.75. The summed E-state index contributed by atoms with van der Waals surface area (Å²) in [6.07, 6.45) is 5.53. The normalized spacial score (nSPS) is 24.6. The molecule has 0 spiro atoms. The number of rotatable bonds is 4. The Kier molecular flexibility index (Phi) is 5.14. The van der Waals surface area contributed by atoms with Crippen molar-refractivity contribution in [3.63, 3.8) is 0 Å². The standard InChI is InChI=1S/C15H21IO/c1-2-17-15-9-7-14(8-10-15)13-5-3-12(11-16)4-6-13/h7-10,12-13H,2-6,11H2,1H3. The molecule has 94 valence electrons. The lowest BCUT2D eigenvalue weighted by Gasteiger charge is -2.27. The van der Waals surface area contributed by atoms with Crippen LogP contribution in [0.2, 0.25) is 0 Å². The molecule has 1 aromatic carbocycles. The van der Waals surface area contributed by atoms with Crippen molar-refractivity contribution in [2.24, 2.45) is 5.92 Å². The molecule has 1 nitrogen and oxygen atoms in total. The molecule has 17 heavy (non-hydrogen) atoms. The Bertz CT molecular complexity index is 325. The van der Waals surface area contributed by atoms with Crippen molar-refractivity contribution in [2.75, 3.05) is 11.0 Å². The Morgan fingerprint density at radius 2 is 1.76 bits per heavy atom. The topological polar surface area (TPSA) is 9.23 Å². The highest BCUT2D eigenvalue weighted by Crippen LogP contribution is 2.36. The summed E-state index contributed by atoms with van der Waals surface area (Å²) in [5.41, 5.74) is 1.50. The Morgan fingerprint density at radius 3 is 2.29 bits per heavy atom. The fraction of sp³-hybridized carbons (Fsp3) is 0.600. The molecule has 0 heterocycles. The van der Waals surface area contributed by atoms with Gasteiger partial charge in [0.1, 0.15) is 5.75 Å². The maximum atomic E-state index is 5.48. The van der Waals surface area contributed by atoms with Crippen molar-refractivity contribution in [1.82, 2.24) is 0 Å². The summed E-state index contributed by atoms with van der Waals surface area (Å²) in [6.45, 7) is 2.78. The van der Waals surface area contributed by atoms with Crippen LogP contribution in [-0.2, 0) is 0 Å². The predicted molar refractivity (Wildman–Crippen MR) is 81.2 cm³/mol. The third-order valence-electron chi connectivity index (χ3n) is 3.73. The summed E-state index contributed by atoms with van der Waals surface area (Å²) >= 11 is 2.53. The summed E-state index contributed by atoms with van der Waals surface area (Å²) in [7, 11) is 0. The van der Waals surface area contributed by atoms with E-state index < -0.39 is 0 Å². The third-order valence-corrected chi connectivity index (χ3v) is 4.97. The van der Waals surface area contributed by atoms with Crippen LogP contribution in [0.5, 0.6) is 5.75 Å². The van der Waals surface area contributed by atoms with Gasteiger partial charge < -0.3 is 4.74 Å². The number of hydrogen-bond donors (Lipinski definition) is 0. The molecule has 1 saturated carbocycles. The van der Waals surface area contributed by atoms with E-state index in [4.69, 9.17) is 4.74 Å². The molecule has 0 unspecified atom stereocenters. The van der Waals surface area contributed by atoms with Gasteiger partial charge in [-0.2, -0.15) is 0 Å². The van der Waals surface area contributed by atoms with Gasteiger partial charge in [0.25, 0.3) is 0 Å². The number of ether oxygens (including phenoxy) is 1. The zero-order valence-electron chi connectivity index (χ0n) is 10.5. The number of hydrogen-bond acceptors (Lipinski definition) is 1. The quantitative estimate of drug-likeness (QED) is 0.563. The van der Waals surface area contributed by atoms with E-state index in [9.17, 15) is 0 Å². The van der Waals surface area contributed by atoms with Gasteiger partial charge in [-0.25, -0.2) is 0 Å². The highest BCUT2D eigenvalue weighted by molar-refractivity contribution is 14.1. The van der Waals surface area contributed by atoms with Gasteiger partial charge in [-0.05, 0) is 62.1 Å². The molecule has 0 atom stereocenters. The third kappa shape index (κ3) is 3.60. The zero-order chi connectivity index (χ0) is 12.1. The van der Waals surface area contributed by atoms with Gasteiger partial charge >= 0.3 is 0 Å². The van der Waals surface area contributed by atoms with Gasteiger partial charge in [0.05, 0.1) is 6.61 Å². The Balaban J connectivity index is 1.94. The molecule has 0 saturated heterocycles. The maximum absolute atomic E-state index is 5.48. The van der Waals surface area contributed by atoms with E-state index in [-0.39, 0.29) is 0 Å². The van der Waals surface area contributed by atoms with Gasteiger partial charge in [-0.15, -0.1) is 0 Å². The lowest BCUT2D eigenvalue weighted by atomic mass is 9.79. The van der Waals surface area contributed by atoms with Crippen molar-refractivity contribution in [2.45, 2.75) is 38.5 Å². The van der Waals surface area contributed by atoms with Crippen LogP contribution >= 0.6 is 22.6 Å². The van der Waals surface area contributed by atoms with Crippen LogP contribution in [0.4, 0.5) is 0 Å². The van der Waals surface area contributed by atoms with Crippen LogP contribution in [0, 0.1) is 5.92 Å². The van der Waals surface area contributed by atoms with Gasteiger partial charge in [-0.3, -0.25) is 0 Å². The SMILES string of the molecule is CCOc1ccc(C2CCC(CI)CC2)cc1. The highest BCUT2D eigenvalue weighted by atomic mass is 127. The minimum Gasteiger partial charge on any atom is -0.494 e. The largest absolute Gasteiger partial charge is 0.494 e. The molecule has 2 rings (SSSR count). The molecule has 0 aromatic heterocycles. The van der Waals surface area contributed by atoms with E-state index in [2.05, 4.69) is 46.9 Å². The summed E-state index contributed by atoms with van der Waals surface area (Å²) in [5, 5.41) is 0. The average Bonchev–Trinajstić information content (AvgIpc) is 2.40. The fourth-order valence-corrected chi connectivity index (χ4v) is 3.53. The van der Waals surface area contributed by atoms with Crippen LogP contribution in [-0.4, -0.2) is 11.0 Å². The second kappa shape index (κ2) is 6.62. The molecule has 1 fully saturated rings.